The van der Waals surface area contributed by atoms with Gasteiger partial charge in [0.05, 0.1) is 5.52 Å². The molecule has 3 N–H and O–H groups in total. The second-order valence-corrected chi connectivity index (χ2v) is 9.40. The molecule has 1 unspecified atom stereocenters. The minimum absolute atomic E-state index is 0.0219. The summed E-state index contributed by atoms with van der Waals surface area (Å²) in [5.74, 6) is 0.155. The molecule has 3 atom stereocenters. The average Bonchev–Trinajstić information content (AvgIpc) is 3.43. The van der Waals surface area contributed by atoms with E-state index in [-0.39, 0.29) is 42.0 Å². The highest BCUT2D eigenvalue weighted by molar-refractivity contribution is 5.94. The summed E-state index contributed by atoms with van der Waals surface area (Å²) in [5, 5.41) is 10.3. The Balaban J connectivity index is 0.996. The summed E-state index contributed by atoms with van der Waals surface area (Å²) in [6.07, 6.45) is 3.81. The molecule has 4 aromatic rings. The van der Waals surface area contributed by atoms with Crippen LogP contribution in [0.4, 0.5) is 0 Å². The molecular formula is C27H26N6O3. The standard InChI is InChI=1S/C27H26N6O3/c34-24(8-11-29-26(35)22-7-4-10-28-22)32-15-20-21(16-32)25(20)30-27(36)23-14-19-13-18(9-12-33(19)31-23)17-5-2-1-3-6-17/h1-7,9-10,12-14,20-21,25,28H,8,11,15-16H2,(H,29,35)(H,30,36)/t20-,21+,25?. The molecule has 1 aromatic carbocycles. The number of hydrogen-bond donors (Lipinski definition) is 3. The van der Waals surface area contributed by atoms with E-state index in [0.29, 0.717) is 31.0 Å². The van der Waals surface area contributed by atoms with Gasteiger partial charge in [-0.2, -0.15) is 5.10 Å². The minimum Gasteiger partial charge on any atom is -0.357 e. The van der Waals surface area contributed by atoms with Crippen molar-refractivity contribution in [2.45, 2.75) is 12.5 Å². The smallest absolute Gasteiger partial charge is 0.272 e. The second-order valence-electron chi connectivity index (χ2n) is 9.40. The van der Waals surface area contributed by atoms with E-state index < -0.39 is 0 Å². The molecular weight excluding hydrogens is 456 g/mol. The van der Waals surface area contributed by atoms with E-state index in [9.17, 15) is 14.4 Å². The molecule has 1 saturated heterocycles. The summed E-state index contributed by atoms with van der Waals surface area (Å²) in [6.45, 7) is 1.55. The first kappa shape index (κ1) is 22.1. The van der Waals surface area contributed by atoms with Gasteiger partial charge in [-0.15, -0.1) is 0 Å². The van der Waals surface area contributed by atoms with E-state index in [4.69, 9.17) is 0 Å². The van der Waals surface area contributed by atoms with Crippen LogP contribution in [0.2, 0.25) is 0 Å². The largest absolute Gasteiger partial charge is 0.357 e. The topological polar surface area (TPSA) is 112 Å². The maximum Gasteiger partial charge on any atom is 0.272 e. The Labute approximate surface area is 207 Å². The van der Waals surface area contributed by atoms with Crippen molar-refractivity contribution in [3.8, 4) is 11.1 Å². The van der Waals surface area contributed by atoms with Crippen LogP contribution in [0.1, 0.15) is 27.4 Å². The fraction of sp³-hybridized carbons (Fsp3) is 0.259. The number of nitrogens with one attached hydrogen (secondary N) is 3. The van der Waals surface area contributed by atoms with Crippen LogP contribution in [0, 0.1) is 11.8 Å². The highest BCUT2D eigenvalue weighted by Gasteiger charge is 2.57. The third kappa shape index (κ3) is 4.24. The Kier molecular flexibility index (Phi) is 5.52. The van der Waals surface area contributed by atoms with Crippen LogP contribution in [-0.4, -0.2) is 62.9 Å². The lowest BCUT2D eigenvalue weighted by Crippen LogP contribution is -2.38. The summed E-state index contributed by atoms with van der Waals surface area (Å²) < 4.78 is 1.71. The van der Waals surface area contributed by atoms with Gasteiger partial charge in [-0.05, 0) is 41.5 Å². The number of piperidine rings is 1. The lowest BCUT2D eigenvalue weighted by atomic mass is 10.1. The number of pyridine rings is 1. The molecule has 9 nitrogen and oxygen atoms in total. The summed E-state index contributed by atoms with van der Waals surface area (Å²) in [5.41, 5.74) is 3.90. The van der Waals surface area contributed by atoms with E-state index in [1.165, 1.54) is 0 Å². The van der Waals surface area contributed by atoms with Crippen molar-refractivity contribution in [1.29, 1.82) is 0 Å². The highest BCUT2D eigenvalue weighted by atomic mass is 16.2. The van der Waals surface area contributed by atoms with Crippen molar-refractivity contribution in [2.24, 2.45) is 11.8 Å². The fourth-order valence-corrected chi connectivity index (χ4v) is 5.09. The maximum atomic E-state index is 12.9. The van der Waals surface area contributed by atoms with Gasteiger partial charge < -0.3 is 20.5 Å². The molecule has 2 aliphatic rings. The number of H-pyrrole nitrogens is 1. The number of aromatic nitrogens is 3. The molecule has 1 aliphatic carbocycles. The number of amides is 3. The number of nitrogens with zero attached hydrogens (tertiary/aromatic N) is 3. The number of benzene rings is 1. The van der Waals surface area contributed by atoms with Crippen molar-refractivity contribution in [3.05, 3.63) is 84.4 Å². The number of hydrogen-bond acceptors (Lipinski definition) is 4. The summed E-state index contributed by atoms with van der Waals surface area (Å²) in [4.78, 5) is 42.0. The van der Waals surface area contributed by atoms with Gasteiger partial charge in [-0.25, -0.2) is 4.52 Å². The second kappa shape index (κ2) is 8.99. The molecule has 6 rings (SSSR count). The Morgan fingerprint density at radius 1 is 0.944 bits per heavy atom. The van der Waals surface area contributed by atoms with Crippen molar-refractivity contribution in [2.75, 3.05) is 19.6 Å². The number of fused-ring (bicyclic) bond motifs is 2. The molecule has 3 aromatic heterocycles. The number of carbonyl (C=O) groups excluding carboxylic acids is 3. The van der Waals surface area contributed by atoms with Gasteiger partial charge in [0.15, 0.2) is 5.69 Å². The van der Waals surface area contributed by atoms with E-state index in [1.807, 2.05) is 41.4 Å². The Bertz CT molecular complexity index is 1420. The summed E-state index contributed by atoms with van der Waals surface area (Å²) in [7, 11) is 0. The molecule has 182 valence electrons. The predicted molar refractivity (Wildman–Crippen MR) is 133 cm³/mol. The third-order valence-corrected chi connectivity index (χ3v) is 7.11. The first-order chi connectivity index (χ1) is 17.6. The van der Waals surface area contributed by atoms with E-state index in [0.717, 1.165) is 16.6 Å². The molecule has 9 heteroatoms. The number of carbonyl (C=O) groups is 3. The fourth-order valence-electron chi connectivity index (χ4n) is 5.09. The van der Waals surface area contributed by atoms with E-state index in [2.05, 4.69) is 32.8 Å². The summed E-state index contributed by atoms with van der Waals surface area (Å²) in [6, 6.07) is 19.4. The Morgan fingerprint density at radius 3 is 2.50 bits per heavy atom. The zero-order chi connectivity index (χ0) is 24.6. The molecule has 1 saturated carbocycles. The van der Waals surface area contributed by atoms with Crippen LogP contribution in [0.3, 0.4) is 0 Å². The van der Waals surface area contributed by atoms with Crippen molar-refractivity contribution < 1.29 is 14.4 Å². The quantitative estimate of drug-likeness (QED) is 0.375. The van der Waals surface area contributed by atoms with Crippen LogP contribution < -0.4 is 10.6 Å². The predicted octanol–water partition coefficient (Wildman–Crippen LogP) is 2.34. The normalized spacial score (nSPS) is 20.2. The lowest BCUT2D eigenvalue weighted by Gasteiger charge is -2.20. The maximum absolute atomic E-state index is 12.9. The molecule has 2 fully saturated rings. The van der Waals surface area contributed by atoms with Gasteiger partial charge >= 0.3 is 0 Å². The van der Waals surface area contributed by atoms with Gasteiger partial charge in [0.2, 0.25) is 5.91 Å². The van der Waals surface area contributed by atoms with Gasteiger partial charge in [0.25, 0.3) is 11.8 Å². The van der Waals surface area contributed by atoms with Crippen molar-refractivity contribution >= 4 is 23.2 Å². The first-order valence-corrected chi connectivity index (χ1v) is 12.1. The molecule has 36 heavy (non-hydrogen) atoms. The van der Waals surface area contributed by atoms with Crippen LogP contribution in [0.25, 0.3) is 16.6 Å². The molecule has 4 heterocycles. The van der Waals surface area contributed by atoms with Crippen molar-refractivity contribution in [1.82, 2.24) is 30.1 Å². The van der Waals surface area contributed by atoms with Crippen LogP contribution >= 0.6 is 0 Å². The SMILES string of the molecule is O=C(NC1[C@H]2CN(C(=O)CCNC(=O)c3ccc[nH]3)C[C@@H]12)c1cc2cc(-c3ccccc3)ccn2n1. The van der Waals surface area contributed by atoms with Crippen LogP contribution in [0.15, 0.2) is 73.1 Å². The monoisotopic (exact) mass is 482 g/mol. The Hall–Kier alpha value is -4.40. The van der Waals surface area contributed by atoms with Gasteiger partial charge in [-0.1, -0.05) is 30.3 Å². The van der Waals surface area contributed by atoms with E-state index in [1.54, 1.807) is 28.9 Å². The van der Waals surface area contributed by atoms with Gasteiger partial charge in [-0.3, -0.25) is 14.4 Å². The number of rotatable bonds is 7. The minimum atomic E-state index is -0.219. The van der Waals surface area contributed by atoms with Gasteiger partial charge in [0, 0.05) is 56.3 Å². The van der Waals surface area contributed by atoms with Crippen molar-refractivity contribution in [3.63, 3.8) is 0 Å². The zero-order valence-electron chi connectivity index (χ0n) is 19.6. The van der Waals surface area contributed by atoms with Crippen LogP contribution in [0.5, 0.6) is 0 Å². The van der Waals surface area contributed by atoms with Crippen LogP contribution in [-0.2, 0) is 4.79 Å². The molecule has 0 radical (unpaired) electrons. The highest BCUT2D eigenvalue weighted by Crippen LogP contribution is 2.45. The lowest BCUT2D eigenvalue weighted by molar-refractivity contribution is -0.130. The molecule has 0 spiro atoms. The first-order valence-electron chi connectivity index (χ1n) is 12.1. The van der Waals surface area contributed by atoms with Gasteiger partial charge in [0.1, 0.15) is 5.69 Å². The zero-order valence-corrected chi connectivity index (χ0v) is 19.6. The number of aromatic amines is 1. The molecule has 1 aliphatic heterocycles. The van der Waals surface area contributed by atoms with E-state index >= 15 is 0 Å². The Morgan fingerprint density at radius 2 is 1.75 bits per heavy atom. The molecule has 3 amide bonds. The average molecular weight is 483 g/mol. The molecule has 0 bridgehead atoms. The third-order valence-electron chi connectivity index (χ3n) is 7.11. The summed E-state index contributed by atoms with van der Waals surface area (Å²) >= 11 is 0. The number of likely N-dealkylation sites (tertiary alicyclic amines) is 1.